The average Bonchev–Trinajstić information content (AvgIpc) is 2.51. The van der Waals surface area contributed by atoms with Gasteiger partial charge in [-0.05, 0) is 31.4 Å². The minimum Gasteiger partial charge on any atom is -0.332 e. The minimum atomic E-state index is -3.25. The largest absolute Gasteiger partial charge is 0.332 e. The number of sulfonamides is 1. The number of nitrogens with one attached hydrogen (secondary N) is 2. The summed E-state index contributed by atoms with van der Waals surface area (Å²) in [4.78, 5) is 18.2. The molecule has 1 aromatic heterocycles. The first-order valence-electron chi connectivity index (χ1n) is 7.35. The normalized spacial score (nSPS) is 19.0. The fourth-order valence-corrected chi connectivity index (χ4v) is 2.99. The van der Waals surface area contributed by atoms with Gasteiger partial charge in [0, 0.05) is 25.3 Å². The zero-order valence-corrected chi connectivity index (χ0v) is 13.5. The van der Waals surface area contributed by atoms with E-state index in [1.807, 2.05) is 18.2 Å². The average molecular weight is 326 g/mol. The van der Waals surface area contributed by atoms with Gasteiger partial charge in [-0.2, -0.15) is 0 Å². The van der Waals surface area contributed by atoms with E-state index in [2.05, 4.69) is 15.0 Å². The van der Waals surface area contributed by atoms with E-state index in [9.17, 15) is 13.2 Å². The van der Waals surface area contributed by atoms with Crippen molar-refractivity contribution in [3.63, 3.8) is 0 Å². The molecule has 1 fully saturated rings. The number of hydrogen-bond donors (Lipinski definition) is 2. The standard InChI is InChI=1S/C14H22N4O3S/c1-22(20,21)17-11-13-7-3-5-9-18(13)14(19)16-10-12-6-2-4-8-15-12/h2,4,6,8,13,17H,3,5,7,9-11H2,1H3,(H,16,19). The third-order valence-corrected chi connectivity index (χ3v) is 4.31. The highest BCUT2D eigenvalue weighted by Crippen LogP contribution is 2.16. The summed E-state index contributed by atoms with van der Waals surface area (Å²) in [5, 5.41) is 2.84. The van der Waals surface area contributed by atoms with Gasteiger partial charge in [0.05, 0.1) is 18.5 Å². The van der Waals surface area contributed by atoms with E-state index in [1.165, 1.54) is 0 Å². The molecule has 1 aromatic rings. The molecule has 0 radical (unpaired) electrons. The number of pyridine rings is 1. The molecule has 122 valence electrons. The Balaban J connectivity index is 1.90. The first kappa shape index (κ1) is 16.7. The molecule has 8 heteroatoms. The molecule has 1 unspecified atom stereocenters. The van der Waals surface area contributed by atoms with E-state index < -0.39 is 10.0 Å². The molecule has 1 atom stereocenters. The van der Waals surface area contributed by atoms with Gasteiger partial charge in [-0.1, -0.05) is 6.07 Å². The van der Waals surface area contributed by atoms with Crippen molar-refractivity contribution in [3.8, 4) is 0 Å². The Morgan fingerprint density at radius 3 is 2.91 bits per heavy atom. The van der Waals surface area contributed by atoms with Crippen LogP contribution in [0.5, 0.6) is 0 Å². The lowest BCUT2D eigenvalue weighted by Gasteiger charge is -2.35. The van der Waals surface area contributed by atoms with Crippen LogP contribution in [0, 0.1) is 0 Å². The molecule has 22 heavy (non-hydrogen) atoms. The summed E-state index contributed by atoms with van der Waals surface area (Å²) >= 11 is 0. The maximum atomic E-state index is 12.3. The van der Waals surface area contributed by atoms with Crippen molar-refractivity contribution in [1.29, 1.82) is 0 Å². The van der Waals surface area contributed by atoms with Gasteiger partial charge in [0.1, 0.15) is 0 Å². The fourth-order valence-electron chi connectivity index (χ4n) is 2.50. The second kappa shape index (κ2) is 7.55. The van der Waals surface area contributed by atoms with E-state index in [4.69, 9.17) is 0 Å². The lowest BCUT2D eigenvalue weighted by atomic mass is 10.0. The summed E-state index contributed by atoms with van der Waals surface area (Å²) in [5.74, 6) is 0. The molecule has 1 saturated heterocycles. The fraction of sp³-hybridized carbons (Fsp3) is 0.571. The number of carbonyl (C=O) groups is 1. The van der Waals surface area contributed by atoms with Crippen LogP contribution in [0.15, 0.2) is 24.4 Å². The van der Waals surface area contributed by atoms with E-state index in [0.29, 0.717) is 13.1 Å². The van der Waals surface area contributed by atoms with Crippen molar-refractivity contribution < 1.29 is 13.2 Å². The van der Waals surface area contributed by atoms with Crippen LogP contribution in [0.25, 0.3) is 0 Å². The van der Waals surface area contributed by atoms with Crippen LogP contribution in [0.4, 0.5) is 4.79 Å². The summed E-state index contributed by atoms with van der Waals surface area (Å²) < 4.78 is 24.9. The van der Waals surface area contributed by atoms with Crippen molar-refractivity contribution in [1.82, 2.24) is 19.9 Å². The van der Waals surface area contributed by atoms with Gasteiger partial charge >= 0.3 is 6.03 Å². The third kappa shape index (κ3) is 5.27. The number of piperidine rings is 1. The number of hydrogen-bond acceptors (Lipinski definition) is 4. The smallest absolute Gasteiger partial charge is 0.318 e. The quantitative estimate of drug-likeness (QED) is 0.833. The van der Waals surface area contributed by atoms with Gasteiger partial charge in [0.25, 0.3) is 0 Å². The predicted octanol–water partition coefficient (Wildman–Crippen LogP) is 0.695. The number of aromatic nitrogens is 1. The van der Waals surface area contributed by atoms with Crippen molar-refractivity contribution in [2.75, 3.05) is 19.3 Å². The lowest BCUT2D eigenvalue weighted by molar-refractivity contribution is 0.151. The molecule has 7 nitrogen and oxygen atoms in total. The molecule has 0 saturated carbocycles. The Kier molecular flexibility index (Phi) is 5.73. The molecular weight excluding hydrogens is 304 g/mol. The van der Waals surface area contributed by atoms with Crippen LogP contribution in [-0.4, -0.2) is 49.7 Å². The first-order chi connectivity index (χ1) is 10.5. The Morgan fingerprint density at radius 2 is 2.23 bits per heavy atom. The Morgan fingerprint density at radius 1 is 1.41 bits per heavy atom. The summed E-state index contributed by atoms with van der Waals surface area (Å²) in [6, 6.07) is 5.26. The molecule has 0 spiro atoms. The molecule has 2 heterocycles. The van der Waals surface area contributed by atoms with Gasteiger partial charge in [0.15, 0.2) is 0 Å². The van der Waals surface area contributed by atoms with Gasteiger partial charge in [-0.15, -0.1) is 0 Å². The third-order valence-electron chi connectivity index (χ3n) is 3.62. The summed E-state index contributed by atoms with van der Waals surface area (Å²) in [6.07, 6.45) is 5.55. The Bertz CT molecular complexity index is 591. The molecular formula is C14H22N4O3S. The van der Waals surface area contributed by atoms with E-state index in [0.717, 1.165) is 31.2 Å². The molecule has 0 aliphatic carbocycles. The first-order valence-corrected chi connectivity index (χ1v) is 9.24. The van der Waals surface area contributed by atoms with Crippen LogP contribution >= 0.6 is 0 Å². The van der Waals surface area contributed by atoms with Gasteiger partial charge in [-0.3, -0.25) is 4.98 Å². The second-order valence-corrected chi connectivity index (χ2v) is 7.28. The van der Waals surface area contributed by atoms with Gasteiger partial charge in [-0.25, -0.2) is 17.9 Å². The molecule has 0 aromatic carbocycles. The highest BCUT2D eigenvalue weighted by atomic mass is 32.2. The van der Waals surface area contributed by atoms with E-state index in [1.54, 1.807) is 11.1 Å². The monoisotopic (exact) mass is 326 g/mol. The van der Waals surface area contributed by atoms with Crippen LogP contribution in [0.1, 0.15) is 25.0 Å². The van der Waals surface area contributed by atoms with Crippen LogP contribution in [0.3, 0.4) is 0 Å². The number of likely N-dealkylation sites (tertiary alicyclic amines) is 1. The van der Waals surface area contributed by atoms with Gasteiger partial charge < -0.3 is 10.2 Å². The Labute approximate surface area is 131 Å². The summed E-state index contributed by atoms with van der Waals surface area (Å²) in [6.45, 7) is 1.27. The topological polar surface area (TPSA) is 91.4 Å². The Hall–Kier alpha value is -1.67. The minimum absolute atomic E-state index is 0.104. The highest BCUT2D eigenvalue weighted by Gasteiger charge is 2.27. The SMILES string of the molecule is CS(=O)(=O)NCC1CCCCN1C(=O)NCc1ccccn1. The van der Waals surface area contributed by atoms with Crippen LogP contribution in [0.2, 0.25) is 0 Å². The van der Waals surface area contributed by atoms with Crippen molar-refractivity contribution in [2.24, 2.45) is 0 Å². The maximum absolute atomic E-state index is 12.3. The second-order valence-electron chi connectivity index (χ2n) is 5.44. The van der Waals surface area contributed by atoms with Crippen molar-refractivity contribution >= 4 is 16.1 Å². The summed E-state index contributed by atoms with van der Waals surface area (Å²) in [5.41, 5.74) is 0.790. The molecule has 1 aliphatic heterocycles. The lowest BCUT2D eigenvalue weighted by Crippen LogP contribution is -2.52. The maximum Gasteiger partial charge on any atom is 0.318 e. The van der Waals surface area contributed by atoms with E-state index >= 15 is 0 Å². The number of rotatable bonds is 5. The molecule has 2 amide bonds. The zero-order valence-electron chi connectivity index (χ0n) is 12.7. The van der Waals surface area contributed by atoms with Crippen LogP contribution in [-0.2, 0) is 16.6 Å². The number of amides is 2. The zero-order chi connectivity index (χ0) is 16.0. The van der Waals surface area contributed by atoms with Gasteiger partial charge in [0.2, 0.25) is 10.0 Å². The number of urea groups is 1. The number of carbonyl (C=O) groups excluding carboxylic acids is 1. The molecule has 2 rings (SSSR count). The molecule has 2 N–H and O–H groups in total. The molecule has 1 aliphatic rings. The van der Waals surface area contributed by atoms with Crippen molar-refractivity contribution in [2.45, 2.75) is 31.8 Å². The molecule has 0 bridgehead atoms. The van der Waals surface area contributed by atoms with Crippen LogP contribution < -0.4 is 10.0 Å². The highest BCUT2D eigenvalue weighted by molar-refractivity contribution is 7.88. The summed E-state index contributed by atoms with van der Waals surface area (Å²) in [7, 11) is -3.25. The predicted molar refractivity (Wildman–Crippen MR) is 83.7 cm³/mol. The van der Waals surface area contributed by atoms with E-state index in [-0.39, 0.29) is 18.6 Å². The number of nitrogens with zero attached hydrogens (tertiary/aromatic N) is 2. The van der Waals surface area contributed by atoms with Crippen molar-refractivity contribution in [3.05, 3.63) is 30.1 Å².